The van der Waals surface area contributed by atoms with E-state index in [1.54, 1.807) is 10.4 Å². The van der Waals surface area contributed by atoms with Crippen LogP contribution in [-0.2, 0) is 26.2 Å². The zero-order valence-corrected chi connectivity index (χ0v) is 27.3. The molecule has 0 aliphatic heterocycles. The Morgan fingerprint density at radius 1 is 0.632 bits per heavy atom. The van der Waals surface area contributed by atoms with Gasteiger partial charge >= 0.3 is 26.2 Å². The molecule has 0 bridgehead atoms. The van der Waals surface area contributed by atoms with Crippen LogP contribution in [0.2, 0.25) is 13.1 Å². The van der Waals surface area contributed by atoms with E-state index in [9.17, 15) is 8.78 Å². The van der Waals surface area contributed by atoms with Crippen LogP contribution in [0.15, 0.2) is 82.2 Å². The largest absolute Gasteiger partial charge is 2.00 e. The number of benzene rings is 2. The molecule has 4 rings (SSSR count). The Bertz CT molecular complexity index is 1040. The first-order valence-electron chi connectivity index (χ1n) is 12.6. The molecule has 38 heavy (non-hydrogen) atoms. The van der Waals surface area contributed by atoms with E-state index in [-0.39, 0.29) is 60.2 Å². The SMILES string of the molecule is CC(C)(C)C1=[C-]CC=C1[Si](C)(C)C1=CC[C-]=C1C(C)(C)C.Oc1ccc(F)cc1.Oc1ccc(F)cc1.[Zr+2]. The molecule has 0 radical (unpaired) electrons. The van der Waals surface area contributed by atoms with Crippen molar-refractivity contribution in [3.05, 3.63) is 106 Å². The van der Waals surface area contributed by atoms with Gasteiger partial charge in [0.1, 0.15) is 23.1 Å². The van der Waals surface area contributed by atoms with Gasteiger partial charge in [0.05, 0.1) is 0 Å². The summed E-state index contributed by atoms with van der Waals surface area (Å²) in [5.41, 5.74) is 3.31. The third-order valence-corrected chi connectivity index (χ3v) is 9.81. The van der Waals surface area contributed by atoms with Crippen LogP contribution >= 0.6 is 0 Å². The number of rotatable bonds is 2. The van der Waals surface area contributed by atoms with Gasteiger partial charge in [-0.25, -0.2) is 30.3 Å². The summed E-state index contributed by atoms with van der Waals surface area (Å²) in [5.74, 6) is -0.483. The Hall–Kier alpha value is -2.04. The third kappa shape index (κ3) is 9.61. The van der Waals surface area contributed by atoms with Gasteiger partial charge in [-0.15, -0.1) is 12.8 Å². The Labute approximate surface area is 248 Å². The molecule has 0 spiro atoms. The van der Waals surface area contributed by atoms with Crippen molar-refractivity contribution in [3.8, 4) is 11.5 Å². The maximum Gasteiger partial charge on any atom is 2.00 e. The van der Waals surface area contributed by atoms with E-state index in [0.29, 0.717) is 0 Å². The molecular formula is C32H40F2O2SiZr. The second kappa shape index (κ2) is 13.8. The first-order valence-corrected chi connectivity index (χ1v) is 15.6. The van der Waals surface area contributed by atoms with Crippen LogP contribution in [0.4, 0.5) is 8.78 Å². The number of hydrogen-bond acceptors (Lipinski definition) is 2. The smallest absolute Gasteiger partial charge is 0.508 e. The third-order valence-electron chi connectivity index (χ3n) is 6.21. The summed E-state index contributed by atoms with van der Waals surface area (Å²) < 4.78 is 24.0. The number of hydrogen-bond donors (Lipinski definition) is 2. The van der Waals surface area contributed by atoms with Gasteiger partial charge in [0, 0.05) is 0 Å². The van der Waals surface area contributed by atoms with E-state index in [4.69, 9.17) is 10.2 Å². The summed E-state index contributed by atoms with van der Waals surface area (Å²) in [6.07, 6.45) is 14.1. The van der Waals surface area contributed by atoms with Crippen molar-refractivity contribution in [1.29, 1.82) is 0 Å². The van der Waals surface area contributed by atoms with Crippen LogP contribution in [-0.4, -0.2) is 18.3 Å². The molecule has 0 saturated carbocycles. The molecule has 2 aliphatic carbocycles. The predicted molar refractivity (Wildman–Crippen MR) is 151 cm³/mol. The number of allylic oxidation sites excluding steroid dienone is 8. The number of phenols is 2. The van der Waals surface area contributed by atoms with Crippen molar-refractivity contribution < 1.29 is 45.2 Å². The molecule has 0 saturated heterocycles. The van der Waals surface area contributed by atoms with Crippen molar-refractivity contribution in [2.45, 2.75) is 67.5 Å². The van der Waals surface area contributed by atoms with Crippen LogP contribution in [0.5, 0.6) is 11.5 Å². The molecule has 2 N–H and O–H groups in total. The van der Waals surface area contributed by atoms with E-state index in [1.165, 1.54) is 59.7 Å². The molecule has 0 amide bonds. The van der Waals surface area contributed by atoms with Crippen molar-refractivity contribution in [2.75, 3.05) is 0 Å². The molecule has 202 valence electrons. The maximum absolute atomic E-state index is 12.0. The van der Waals surface area contributed by atoms with Gasteiger partial charge in [-0.2, -0.15) is 12.2 Å². The predicted octanol–water partition coefficient (Wildman–Crippen LogP) is 9.04. The number of aromatic hydroxyl groups is 2. The van der Waals surface area contributed by atoms with Gasteiger partial charge in [0.25, 0.3) is 0 Å². The fourth-order valence-corrected chi connectivity index (χ4v) is 8.10. The zero-order valence-electron chi connectivity index (χ0n) is 23.8. The minimum Gasteiger partial charge on any atom is -0.508 e. The second-order valence-electron chi connectivity index (χ2n) is 11.8. The Morgan fingerprint density at radius 3 is 1.16 bits per heavy atom. The molecule has 2 aliphatic rings. The normalized spacial score (nSPS) is 15.0. The summed E-state index contributed by atoms with van der Waals surface area (Å²) >= 11 is 0. The second-order valence-corrected chi connectivity index (χ2v) is 16.2. The first kappa shape index (κ1) is 34.0. The summed E-state index contributed by atoms with van der Waals surface area (Å²) in [4.78, 5) is 0. The van der Waals surface area contributed by atoms with Crippen LogP contribution in [0.3, 0.4) is 0 Å². The van der Waals surface area contributed by atoms with Crippen molar-refractivity contribution in [2.24, 2.45) is 10.8 Å². The Kier molecular flexibility index (Phi) is 12.4. The van der Waals surface area contributed by atoms with E-state index in [0.717, 1.165) is 12.8 Å². The van der Waals surface area contributed by atoms with Crippen LogP contribution < -0.4 is 0 Å². The molecule has 2 aromatic carbocycles. The van der Waals surface area contributed by atoms with E-state index in [2.05, 4.69) is 78.9 Å². The van der Waals surface area contributed by atoms with E-state index >= 15 is 0 Å². The molecule has 0 aromatic heterocycles. The van der Waals surface area contributed by atoms with Crippen LogP contribution in [0, 0.1) is 34.6 Å². The molecule has 6 heteroatoms. The minimum atomic E-state index is -1.66. The zero-order chi connectivity index (χ0) is 28.0. The van der Waals surface area contributed by atoms with Crippen molar-refractivity contribution >= 4 is 8.07 Å². The van der Waals surface area contributed by atoms with Gasteiger partial charge in [-0.3, -0.25) is 12.2 Å². The molecule has 2 aromatic rings. The van der Waals surface area contributed by atoms with Crippen LogP contribution in [0.25, 0.3) is 0 Å². The Morgan fingerprint density at radius 2 is 0.921 bits per heavy atom. The quantitative estimate of drug-likeness (QED) is 0.262. The average Bonchev–Trinajstić information content (AvgIpc) is 3.49. The van der Waals surface area contributed by atoms with Gasteiger partial charge in [-0.05, 0) is 59.4 Å². The molecule has 0 fully saturated rings. The summed E-state index contributed by atoms with van der Waals surface area (Å²) in [6.45, 7) is 18.9. The fraction of sp³-hybridized carbons (Fsp3) is 0.375. The molecule has 2 nitrogen and oxygen atoms in total. The average molecular weight is 614 g/mol. The monoisotopic (exact) mass is 612 g/mol. The van der Waals surface area contributed by atoms with Gasteiger partial charge in [-0.1, -0.05) is 62.7 Å². The molecule has 0 atom stereocenters. The topological polar surface area (TPSA) is 40.5 Å². The maximum atomic E-state index is 12.0. The number of phenolic OH excluding ortho intramolecular Hbond substituents is 2. The summed E-state index contributed by atoms with van der Waals surface area (Å²) in [5, 5.41) is 20.4. The van der Waals surface area contributed by atoms with Crippen molar-refractivity contribution in [1.82, 2.24) is 0 Å². The standard InChI is InChI=1S/C20H30Si.2C6H5FO.Zr/c1-19(2,3)15-11-9-13-17(15)21(7,8)18-14-10-12-16(18)20(4,5)6;2*7-5-1-3-6(8)4-2-5;/h13-14H,9-10H2,1-8H3;2*1-4,8H;/q-2;;;+2. The number of halogens is 2. The van der Waals surface area contributed by atoms with E-state index in [1.807, 2.05) is 0 Å². The van der Waals surface area contributed by atoms with Crippen molar-refractivity contribution in [3.63, 3.8) is 0 Å². The summed E-state index contributed by atoms with van der Waals surface area (Å²) in [7, 11) is -1.66. The fourth-order valence-electron chi connectivity index (χ4n) is 4.41. The molecule has 0 unspecified atom stereocenters. The molecular weight excluding hydrogens is 574 g/mol. The summed E-state index contributed by atoms with van der Waals surface area (Å²) in [6, 6.07) is 10.0. The first-order chi connectivity index (χ1) is 17.0. The van der Waals surface area contributed by atoms with Gasteiger partial charge < -0.3 is 10.2 Å². The molecule has 0 heterocycles. The van der Waals surface area contributed by atoms with E-state index < -0.39 is 8.07 Å². The van der Waals surface area contributed by atoms with Crippen LogP contribution in [0.1, 0.15) is 54.4 Å². The van der Waals surface area contributed by atoms with Gasteiger partial charge in [0.15, 0.2) is 0 Å². The Balaban J connectivity index is 0.000000347. The van der Waals surface area contributed by atoms with Gasteiger partial charge in [0.2, 0.25) is 0 Å². The minimum absolute atomic E-state index is 0.